The first-order chi connectivity index (χ1) is 18.3. The molecule has 2 aromatic rings. The van der Waals surface area contributed by atoms with E-state index in [2.05, 4.69) is 5.32 Å². The number of nitrogens with zero attached hydrogens (tertiary/aromatic N) is 1. The predicted octanol–water partition coefficient (Wildman–Crippen LogP) is 2.10. The van der Waals surface area contributed by atoms with E-state index in [0.717, 1.165) is 0 Å². The fourth-order valence-electron chi connectivity index (χ4n) is 5.06. The third kappa shape index (κ3) is 5.27. The summed E-state index contributed by atoms with van der Waals surface area (Å²) in [5, 5.41) is 23.5. The molecule has 38 heavy (non-hydrogen) atoms. The van der Waals surface area contributed by atoms with Crippen LogP contribution >= 0.6 is 0 Å². The number of aldehydes is 1. The Morgan fingerprint density at radius 2 is 1.97 bits per heavy atom. The monoisotopic (exact) mass is 526 g/mol. The third-order valence-corrected chi connectivity index (χ3v) is 6.82. The zero-order valence-electron chi connectivity index (χ0n) is 21.2. The number of carbonyl (C=O) groups excluding carboxylic acids is 3. The van der Waals surface area contributed by atoms with Crippen molar-refractivity contribution in [3.63, 3.8) is 0 Å². The van der Waals surface area contributed by atoms with Crippen LogP contribution in [0.1, 0.15) is 47.2 Å². The largest absolute Gasteiger partial charge is 0.493 e. The van der Waals surface area contributed by atoms with Crippen LogP contribution in [0.4, 0.5) is 4.39 Å². The average Bonchev–Trinajstić information content (AvgIpc) is 3.31. The molecule has 1 aliphatic carbocycles. The molecule has 0 radical (unpaired) electrons. The van der Waals surface area contributed by atoms with Crippen molar-refractivity contribution in [3.05, 3.63) is 70.6 Å². The summed E-state index contributed by atoms with van der Waals surface area (Å²) < 4.78 is 25.1. The first-order valence-corrected chi connectivity index (χ1v) is 12.5. The summed E-state index contributed by atoms with van der Waals surface area (Å²) in [6, 6.07) is 7.87. The van der Waals surface area contributed by atoms with Gasteiger partial charge < -0.3 is 29.9 Å². The number of rotatable bonds is 10. The van der Waals surface area contributed by atoms with Gasteiger partial charge in [0, 0.05) is 36.2 Å². The average molecular weight is 527 g/mol. The number of nitrogens with one attached hydrogen (secondary N) is 1. The molecular weight excluding hydrogens is 495 g/mol. The summed E-state index contributed by atoms with van der Waals surface area (Å²) in [5.74, 6) is -1.33. The quantitative estimate of drug-likeness (QED) is 0.405. The lowest BCUT2D eigenvalue weighted by Crippen LogP contribution is -2.55. The summed E-state index contributed by atoms with van der Waals surface area (Å²) in [6.07, 6.45) is 0.767. The Hall–Kier alpha value is -3.76. The molecule has 4 unspecified atom stereocenters. The van der Waals surface area contributed by atoms with Crippen LogP contribution < -0.4 is 14.8 Å². The molecule has 0 bridgehead atoms. The SMILES string of the molecule is CCCC(=O)N(Cc1ccc(F)cc1)C1C=C(C(=O)NCCO)C2c3cc(C=O)cc(OC)c3OC2C1O. The number of aliphatic hydroxyl groups is 2. The van der Waals surface area contributed by atoms with Crippen LogP contribution in [0, 0.1) is 5.82 Å². The van der Waals surface area contributed by atoms with E-state index < -0.39 is 35.9 Å². The second kappa shape index (κ2) is 11.7. The first-order valence-electron chi connectivity index (χ1n) is 12.5. The standard InChI is InChI=1S/C28H31FN2O7/c1-3-4-23(34)31(14-16-5-7-18(29)8-6-16)21-13-20(28(36)30-9-10-32)24-19-11-17(15-33)12-22(37-2)26(19)38-27(24)25(21)35/h5-8,11-13,15,21,24-25,27,32,35H,3-4,9-10,14H2,1-2H3,(H,30,36). The molecule has 0 saturated carbocycles. The van der Waals surface area contributed by atoms with E-state index in [0.29, 0.717) is 35.1 Å². The molecular formula is C28H31FN2O7. The summed E-state index contributed by atoms with van der Waals surface area (Å²) in [6.45, 7) is 1.66. The number of fused-ring (bicyclic) bond motifs is 3. The molecule has 202 valence electrons. The van der Waals surface area contributed by atoms with Crippen molar-refractivity contribution in [3.8, 4) is 11.5 Å². The number of amides is 2. The van der Waals surface area contributed by atoms with Gasteiger partial charge >= 0.3 is 0 Å². The van der Waals surface area contributed by atoms with E-state index in [1.54, 1.807) is 24.3 Å². The molecule has 0 saturated heterocycles. The van der Waals surface area contributed by atoms with Gasteiger partial charge in [0.25, 0.3) is 0 Å². The number of benzene rings is 2. The first kappa shape index (κ1) is 27.3. The molecule has 3 N–H and O–H groups in total. The van der Waals surface area contributed by atoms with Gasteiger partial charge in [-0.05, 0) is 42.3 Å². The second-order valence-electron chi connectivity index (χ2n) is 9.30. The normalized spacial score (nSPS) is 21.4. The van der Waals surface area contributed by atoms with Gasteiger partial charge in [-0.3, -0.25) is 14.4 Å². The number of methoxy groups -OCH3 is 1. The predicted molar refractivity (Wildman–Crippen MR) is 135 cm³/mol. The van der Waals surface area contributed by atoms with E-state index >= 15 is 0 Å². The molecule has 2 amide bonds. The minimum atomic E-state index is -1.24. The van der Waals surface area contributed by atoms with Gasteiger partial charge in [-0.15, -0.1) is 0 Å². The Labute approximate surface area is 219 Å². The van der Waals surface area contributed by atoms with E-state index in [1.807, 2.05) is 6.92 Å². The smallest absolute Gasteiger partial charge is 0.247 e. The van der Waals surface area contributed by atoms with E-state index in [-0.39, 0.29) is 43.3 Å². The summed E-state index contributed by atoms with van der Waals surface area (Å²) in [5.41, 5.74) is 1.70. The van der Waals surface area contributed by atoms with Crippen LogP contribution in [0.3, 0.4) is 0 Å². The van der Waals surface area contributed by atoms with Crippen LogP contribution in [-0.4, -0.2) is 71.7 Å². The lowest BCUT2D eigenvalue weighted by atomic mass is 9.77. The van der Waals surface area contributed by atoms with Crippen molar-refractivity contribution in [1.82, 2.24) is 10.2 Å². The summed E-state index contributed by atoms with van der Waals surface area (Å²) >= 11 is 0. The minimum Gasteiger partial charge on any atom is -0.493 e. The van der Waals surface area contributed by atoms with Gasteiger partial charge in [0.2, 0.25) is 11.8 Å². The van der Waals surface area contributed by atoms with Crippen molar-refractivity contribution in [2.45, 2.75) is 50.5 Å². The van der Waals surface area contributed by atoms with E-state index in [1.165, 1.54) is 30.2 Å². The van der Waals surface area contributed by atoms with Crippen molar-refractivity contribution in [2.75, 3.05) is 20.3 Å². The van der Waals surface area contributed by atoms with Crippen molar-refractivity contribution < 1.29 is 38.5 Å². The van der Waals surface area contributed by atoms with Crippen LogP contribution in [0.15, 0.2) is 48.0 Å². The number of ether oxygens (including phenoxy) is 2. The Balaban J connectivity index is 1.81. The topological polar surface area (TPSA) is 125 Å². The highest BCUT2D eigenvalue weighted by atomic mass is 19.1. The Kier molecular flexibility index (Phi) is 8.43. The number of hydrogen-bond acceptors (Lipinski definition) is 7. The van der Waals surface area contributed by atoms with Crippen molar-refractivity contribution >= 4 is 18.1 Å². The van der Waals surface area contributed by atoms with Crippen LogP contribution in [0.5, 0.6) is 11.5 Å². The molecule has 1 heterocycles. The number of halogens is 1. The van der Waals surface area contributed by atoms with Gasteiger partial charge in [-0.25, -0.2) is 4.39 Å². The molecule has 9 nitrogen and oxygen atoms in total. The van der Waals surface area contributed by atoms with Crippen LogP contribution in [0.25, 0.3) is 0 Å². The number of hydrogen-bond donors (Lipinski definition) is 3. The van der Waals surface area contributed by atoms with E-state index in [4.69, 9.17) is 9.47 Å². The molecule has 0 spiro atoms. The maximum atomic E-state index is 13.5. The van der Waals surface area contributed by atoms with Crippen LogP contribution in [-0.2, 0) is 16.1 Å². The summed E-state index contributed by atoms with van der Waals surface area (Å²) in [7, 11) is 1.42. The fraction of sp³-hybridized carbons (Fsp3) is 0.393. The fourth-order valence-corrected chi connectivity index (χ4v) is 5.06. The number of carbonyl (C=O) groups is 3. The molecule has 4 atom stereocenters. The second-order valence-corrected chi connectivity index (χ2v) is 9.30. The molecule has 1 aliphatic heterocycles. The van der Waals surface area contributed by atoms with Crippen LogP contribution in [0.2, 0.25) is 0 Å². The lowest BCUT2D eigenvalue weighted by molar-refractivity contribution is -0.138. The highest BCUT2D eigenvalue weighted by molar-refractivity contribution is 5.96. The highest BCUT2D eigenvalue weighted by Crippen LogP contribution is 2.51. The van der Waals surface area contributed by atoms with Gasteiger partial charge in [-0.2, -0.15) is 0 Å². The highest BCUT2D eigenvalue weighted by Gasteiger charge is 2.51. The maximum absolute atomic E-state index is 13.5. The van der Waals surface area contributed by atoms with Gasteiger partial charge in [0.05, 0.1) is 25.7 Å². The zero-order valence-corrected chi connectivity index (χ0v) is 21.2. The Morgan fingerprint density at radius 1 is 1.24 bits per heavy atom. The summed E-state index contributed by atoms with van der Waals surface area (Å²) in [4.78, 5) is 39.7. The maximum Gasteiger partial charge on any atom is 0.247 e. The van der Waals surface area contributed by atoms with Crippen molar-refractivity contribution in [1.29, 1.82) is 0 Å². The Bertz CT molecular complexity index is 1230. The van der Waals surface area contributed by atoms with Gasteiger partial charge in [-0.1, -0.05) is 19.1 Å². The third-order valence-electron chi connectivity index (χ3n) is 6.82. The molecule has 2 aromatic carbocycles. The van der Waals surface area contributed by atoms with Crippen molar-refractivity contribution in [2.24, 2.45) is 0 Å². The number of aliphatic hydroxyl groups excluding tert-OH is 2. The minimum absolute atomic E-state index is 0.000250. The Morgan fingerprint density at radius 3 is 2.61 bits per heavy atom. The molecule has 0 aromatic heterocycles. The molecule has 10 heteroatoms. The molecule has 0 fully saturated rings. The molecule has 2 aliphatic rings. The van der Waals surface area contributed by atoms with Gasteiger partial charge in [0.15, 0.2) is 11.5 Å². The molecule has 4 rings (SSSR count). The zero-order chi connectivity index (χ0) is 27.4. The van der Waals surface area contributed by atoms with E-state index in [9.17, 15) is 29.0 Å². The lowest BCUT2D eigenvalue weighted by Gasteiger charge is -2.40. The van der Waals surface area contributed by atoms with Gasteiger partial charge in [0.1, 0.15) is 24.3 Å².